The van der Waals surface area contributed by atoms with Gasteiger partial charge in [-0.1, -0.05) is 6.07 Å². The van der Waals surface area contributed by atoms with E-state index < -0.39 is 0 Å². The average molecular weight is 364 g/mol. The van der Waals surface area contributed by atoms with Crippen molar-refractivity contribution in [2.75, 3.05) is 36.5 Å². The van der Waals surface area contributed by atoms with Crippen LogP contribution in [0.3, 0.4) is 0 Å². The lowest BCUT2D eigenvalue weighted by molar-refractivity contribution is -0.117. The molecule has 1 aliphatic heterocycles. The van der Waals surface area contributed by atoms with Crippen LogP contribution in [0.15, 0.2) is 36.7 Å². The van der Waals surface area contributed by atoms with E-state index in [9.17, 15) is 4.79 Å². The lowest BCUT2D eigenvalue weighted by atomic mass is 10.2. The fraction of sp³-hybridized carbons (Fsp3) is 0.368. The molecule has 138 valence electrons. The van der Waals surface area contributed by atoms with Gasteiger partial charge in [-0.05, 0) is 31.0 Å². The molecule has 1 aromatic carbocycles. The Morgan fingerprint density at radius 1 is 1.19 bits per heavy atom. The predicted molar refractivity (Wildman–Crippen MR) is 100 cm³/mol. The van der Waals surface area contributed by atoms with Gasteiger partial charge in [0.05, 0.1) is 25.0 Å². The van der Waals surface area contributed by atoms with E-state index in [4.69, 9.17) is 4.74 Å². The van der Waals surface area contributed by atoms with Gasteiger partial charge in [-0.3, -0.25) is 4.79 Å². The highest BCUT2D eigenvalue weighted by Crippen LogP contribution is 2.40. The van der Waals surface area contributed by atoms with Gasteiger partial charge in [0.25, 0.3) is 0 Å². The van der Waals surface area contributed by atoms with Gasteiger partial charge in [-0.25, -0.2) is 0 Å². The van der Waals surface area contributed by atoms with Crippen molar-refractivity contribution in [3.05, 3.63) is 42.4 Å². The molecule has 2 fully saturated rings. The topological polar surface area (TPSA) is 75.9 Å². The summed E-state index contributed by atoms with van der Waals surface area (Å²) in [6.07, 6.45) is 3.96. The van der Waals surface area contributed by atoms with Crippen LogP contribution in [-0.2, 0) is 4.79 Å². The second-order valence-electron chi connectivity index (χ2n) is 7.00. The van der Waals surface area contributed by atoms with E-state index in [2.05, 4.69) is 26.3 Å². The van der Waals surface area contributed by atoms with Gasteiger partial charge >= 0.3 is 0 Å². The van der Waals surface area contributed by atoms with Crippen molar-refractivity contribution < 1.29 is 9.53 Å². The van der Waals surface area contributed by atoms with Crippen molar-refractivity contribution in [2.24, 2.45) is 0 Å². The summed E-state index contributed by atoms with van der Waals surface area (Å²) in [6.45, 7) is 1.63. The average Bonchev–Trinajstić information content (AvgIpc) is 3.44. The maximum absolute atomic E-state index is 12.9. The number of carbonyl (C=O) groups excluding carboxylic acids is 1. The summed E-state index contributed by atoms with van der Waals surface area (Å²) < 4.78 is 7.00. The number of piperazine rings is 1. The number of benzene rings is 1. The third-order valence-electron chi connectivity index (χ3n) is 5.19. The molecule has 1 aliphatic carbocycles. The van der Waals surface area contributed by atoms with E-state index in [-0.39, 0.29) is 5.91 Å². The maximum Gasteiger partial charge on any atom is 0.246 e. The largest absolute Gasteiger partial charge is 0.497 e. The van der Waals surface area contributed by atoms with Crippen molar-refractivity contribution in [1.29, 1.82) is 0 Å². The Morgan fingerprint density at radius 2 is 2.07 bits per heavy atom. The molecule has 3 heterocycles. The third kappa shape index (κ3) is 2.87. The Balaban J connectivity index is 1.43. The number of hydrogen-bond donors (Lipinski definition) is 0. The molecular formula is C19H20N6O2. The van der Waals surface area contributed by atoms with Gasteiger partial charge in [-0.2, -0.15) is 9.61 Å². The molecule has 0 N–H and O–H groups in total. The van der Waals surface area contributed by atoms with E-state index in [1.54, 1.807) is 18.0 Å². The molecule has 27 heavy (non-hydrogen) atoms. The zero-order valence-corrected chi connectivity index (χ0v) is 15.1. The normalized spacial score (nSPS) is 17.6. The first-order valence-electron chi connectivity index (χ1n) is 9.13. The fourth-order valence-corrected chi connectivity index (χ4v) is 3.57. The number of carbonyl (C=O) groups is 1. The highest BCUT2D eigenvalue weighted by atomic mass is 16.5. The van der Waals surface area contributed by atoms with Crippen LogP contribution in [0.4, 0.5) is 11.4 Å². The zero-order valence-electron chi connectivity index (χ0n) is 15.1. The molecule has 1 saturated heterocycles. The van der Waals surface area contributed by atoms with Crippen molar-refractivity contribution in [2.45, 2.75) is 18.8 Å². The third-order valence-corrected chi connectivity index (χ3v) is 5.19. The van der Waals surface area contributed by atoms with Crippen LogP contribution in [0.2, 0.25) is 0 Å². The second kappa shape index (κ2) is 6.22. The lowest BCUT2D eigenvalue weighted by Gasteiger charge is -2.35. The van der Waals surface area contributed by atoms with Crippen molar-refractivity contribution in [1.82, 2.24) is 19.8 Å². The molecule has 3 aromatic rings. The number of rotatable bonds is 4. The Morgan fingerprint density at radius 3 is 2.85 bits per heavy atom. The van der Waals surface area contributed by atoms with Crippen LogP contribution in [0.1, 0.15) is 24.5 Å². The van der Waals surface area contributed by atoms with E-state index in [1.807, 2.05) is 29.2 Å². The Labute approximate surface area is 156 Å². The summed E-state index contributed by atoms with van der Waals surface area (Å²) in [7, 11) is 1.63. The summed E-state index contributed by atoms with van der Waals surface area (Å²) >= 11 is 0. The number of anilines is 2. The van der Waals surface area contributed by atoms with Crippen molar-refractivity contribution in [3.63, 3.8) is 0 Å². The second-order valence-corrected chi connectivity index (χ2v) is 7.00. The molecule has 0 bridgehead atoms. The molecule has 5 rings (SSSR count). The zero-order chi connectivity index (χ0) is 18.4. The molecule has 0 radical (unpaired) electrons. The maximum atomic E-state index is 12.9. The highest BCUT2D eigenvalue weighted by Gasteiger charge is 2.30. The van der Waals surface area contributed by atoms with E-state index >= 15 is 0 Å². The van der Waals surface area contributed by atoms with Gasteiger partial charge < -0.3 is 14.5 Å². The van der Waals surface area contributed by atoms with Gasteiger partial charge in [0, 0.05) is 30.8 Å². The van der Waals surface area contributed by atoms with Crippen LogP contribution < -0.4 is 14.5 Å². The first-order valence-corrected chi connectivity index (χ1v) is 9.13. The number of aromatic nitrogens is 4. The van der Waals surface area contributed by atoms with Crippen LogP contribution in [0.5, 0.6) is 5.75 Å². The first kappa shape index (κ1) is 16.0. The molecule has 2 aliphatic rings. The number of ether oxygens (including phenoxy) is 1. The number of amides is 1. The molecule has 8 nitrogen and oxygen atoms in total. The standard InChI is InChI=1S/C19H20N6O2/c1-27-15-4-2-3-14(9-15)24-8-7-23(11-18(24)26)17-10-16(13-5-6-13)22-25-12-20-21-19(17)25/h2-4,9-10,12-13H,5-8,11H2,1H3. The van der Waals surface area contributed by atoms with E-state index in [0.29, 0.717) is 24.7 Å². The van der Waals surface area contributed by atoms with Crippen LogP contribution in [-0.4, -0.2) is 52.5 Å². The molecule has 0 unspecified atom stereocenters. The lowest BCUT2D eigenvalue weighted by Crippen LogP contribution is -2.50. The number of nitrogens with zero attached hydrogens (tertiary/aromatic N) is 6. The summed E-state index contributed by atoms with van der Waals surface area (Å²) in [4.78, 5) is 16.8. The quantitative estimate of drug-likeness (QED) is 0.703. The SMILES string of the molecule is COc1cccc(N2CCN(c3cc(C4CC4)nn4cnnc34)CC2=O)c1. The van der Waals surface area contributed by atoms with Gasteiger partial charge in [0.2, 0.25) is 11.6 Å². The van der Waals surface area contributed by atoms with E-state index in [1.165, 1.54) is 12.8 Å². The highest BCUT2D eigenvalue weighted by molar-refractivity contribution is 5.98. The number of fused-ring (bicyclic) bond motifs is 1. The molecule has 0 atom stereocenters. The fourth-order valence-electron chi connectivity index (χ4n) is 3.57. The molecule has 2 aromatic heterocycles. The monoisotopic (exact) mass is 364 g/mol. The predicted octanol–water partition coefficient (Wildman–Crippen LogP) is 1.86. The van der Waals surface area contributed by atoms with Crippen LogP contribution in [0, 0.1) is 0 Å². The Kier molecular flexibility index (Phi) is 3.70. The summed E-state index contributed by atoms with van der Waals surface area (Å²) in [5.41, 5.74) is 3.55. The number of hydrogen-bond acceptors (Lipinski definition) is 6. The minimum atomic E-state index is 0.0527. The molecule has 1 amide bonds. The van der Waals surface area contributed by atoms with Crippen LogP contribution in [0.25, 0.3) is 5.65 Å². The van der Waals surface area contributed by atoms with Gasteiger partial charge in [0.1, 0.15) is 12.1 Å². The van der Waals surface area contributed by atoms with Crippen molar-refractivity contribution in [3.8, 4) is 5.75 Å². The van der Waals surface area contributed by atoms with Crippen LogP contribution >= 0.6 is 0 Å². The van der Waals surface area contributed by atoms with Gasteiger partial charge in [0.15, 0.2) is 0 Å². The minimum absolute atomic E-state index is 0.0527. The molecule has 0 spiro atoms. The van der Waals surface area contributed by atoms with E-state index in [0.717, 1.165) is 29.4 Å². The molecule has 8 heteroatoms. The minimum Gasteiger partial charge on any atom is -0.497 e. The van der Waals surface area contributed by atoms with Crippen molar-refractivity contribution >= 4 is 22.9 Å². The molecular weight excluding hydrogens is 344 g/mol. The smallest absolute Gasteiger partial charge is 0.246 e. The Bertz CT molecular complexity index is 1010. The summed E-state index contributed by atoms with van der Waals surface area (Å²) in [5.74, 6) is 1.32. The van der Waals surface area contributed by atoms with Gasteiger partial charge in [-0.15, -0.1) is 10.2 Å². The number of methoxy groups -OCH3 is 1. The Hall–Kier alpha value is -3.16. The summed E-state index contributed by atoms with van der Waals surface area (Å²) in [5, 5.41) is 12.8. The summed E-state index contributed by atoms with van der Waals surface area (Å²) in [6, 6.07) is 9.68. The molecule has 1 saturated carbocycles. The first-order chi connectivity index (χ1) is 13.2.